The van der Waals surface area contributed by atoms with E-state index >= 15 is 0 Å². The molecular weight excluding hydrogens is 394 g/mol. The highest BCUT2D eigenvalue weighted by Gasteiger charge is 2.10. The average molecular weight is 434 g/mol. The lowest BCUT2D eigenvalue weighted by atomic mass is 10.1. The van der Waals surface area contributed by atoms with Crippen LogP contribution in [0.5, 0.6) is 0 Å². The summed E-state index contributed by atoms with van der Waals surface area (Å²) in [5.41, 5.74) is 4.23. The first-order valence-corrected chi connectivity index (χ1v) is 12.5. The summed E-state index contributed by atoms with van der Waals surface area (Å²) in [6, 6.07) is 16.3. The molecule has 0 aliphatic heterocycles. The maximum Gasteiger partial charge on any atom is 0.251 e. The predicted octanol–water partition coefficient (Wildman–Crippen LogP) is 6.85. The normalized spacial score (nSPS) is 11.2. The first-order chi connectivity index (χ1) is 15.7. The standard InChI is InChI=1S/C28H39N3O/c1-3-4-5-6-7-13-21-31-26-18-11-10-17-25(26)30-27(31)19-9-8-12-20-29-28(32)24-16-14-15-23(2)22-24/h10-11,14-18,22H,3-9,12-13,19-21H2,1-2H3,(H,29,32). The number of hydrogen-bond acceptors (Lipinski definition) is 2. The lowest BCUT2D eigenvalue weighted by molar-refractivity contribution is 0.0953. The van der Waals surface area contributed by atoms with Crippen LogP contribution in [-0.2, 0) is 13.0 Å². The monoisotopic (exact) mass is 433 g/mol. The van der Waals surface area contributed by atoms with E-state index in [0.717, 1.165) is 55.4 Å². The van der Waals surface area contributed by atoms with Gasteiger partial charge >= 0.3 is 0 Å². The highest BCUT2D eigenvalue weighted by atomic mass is 16.1. The molecule has 1 amide bonds. The summed E-state index contributed by atoms with van der Waals surface area (Å²) in [7, 11) is 0. The zero-order valence-electron chi connectivity index (χ0n) is 19.9. The molecule has 1 aromatic heterocycles. The fourth-order valence-corrected chi connectivity index (χ4v) is 4.29. The van der Waals surface area contributed by atoms with Gasteiger partial charge in [-0.1, -0.05) is 75.3 Å². The largest absolute Gasteiger partial charge is 0.352 e. The van der Waals surface area contributed by atoms with Crippen molar-refractivity contribution in [2.24, 2.45) is 0 Å². The number of hydrogen-bond donors (Lipinski definition) is 1. The second-order valence-corrected chi connectivity index (χ2v) is 8.87. The molecule has 1 heterocycles. The number of nitrogens with zero attached hydrogens (tertiary/aromatic N) is 2. The van der Waals surface area contributed by atoms with E-state index in [2.05, 4.69) is 41.1 Å². The van der Waals surface area contributed by atoms with Crippen LogP contribution in [0.3, 0.4) is 0 Å². The van der Waals surface area contributed by atoms with Crippen LogP contribution in [0.1, 0.15) is 86.5 Å². The molecule has 0 bridgehead atoms. The molecule has 0 fully saturated rings. The number of fused-ring (bicyclic) bond motifs is 1. The van der Waals surface area contributed by atoms with Gasteiger partial charge in [-0.15, -0.1) is 0 Å². The van der Waals surface area contributed by atoms with E-state index in [4.69, 9.17) is 4.98 Å². The molecule has 0 unspecified atom stereocenters. The number of carbonyl (C=O) groups excluding carboxylic acids is 1. The molecule has 2 aromatic carbocycles. The quantitative estimate of drug-likeness (QED) is 0.283. The molecule has 4 heteroatoms. The molecular formula is C28H39N3O. The van der Waals surface area contributed by atoms with Gasteiger partial charge in [-0.3, -0.25) is 4.79 Å². The number of rotatable bonds is 14. The first kappa shape index (κ1) is 24.0. The zero-order chi connectivity index (χ0) is 22.6. The van der Waals surface area contributed by atoms with Crippen molar-refractivity contribution in [3.63, 3.8) is 0 Å². The van der Waals surface area contributed by atoms with Gasteiger partial charge in [0.2, 0.25) is 0 Å². The number of nitrogens with one attached hydrogen (secondary N) is 1. The number of amides is 1. The van der Waals surface area contributed by atoms with Crippen molar-refractivity contribution in [2.75, 3.05) is 6.54 Å². The van der Waals surface area contributed by atoms with E-state index < -0.39 is 0 Å². The van der Waals surface area contributed by atoms with Gasteiger partial charge in [-0.25, -0.2) is 4.98 Å². The van der Waals surface area contributed by atoms with Crippen LogP contribution in [-0.4, -0.2) is 22.0 Å². The van der Waals surface area contributed by atoms with Crippen molar-refractivity contribution >= 4 is 16.9 Å². The van der Waals surface area contributed by atoms with Gasteiger partial charge in [0, 0.05) is 25.1 Å². The minimum Gasteiger partial charge on any atom is -0.352 e. The molecule has 0 aliphatic carbocycles. The van der Waals surface area contributed by atoms with Crippen molar-refractivity contribution in [3.05, 3.63) is 65.5 Å². The fourth-order valence-electron chi connectivity index (χ4n) is 4.29. The smallest absolute Gasteiger partial charge is 0.251 e. The molecule has 4 nitrogen and oxygen atoms in total. The number of para-hydroxylation sites is 2. The molecule has 1 N–H and O–H groups in total. The minimum atomic E-state index is 0.0226. The summed E-state index contributed by atoms with van der Waals surface area (Å²) in [6.45, 7) is 6.06. The Morgan fingerprint density at radius 3 is 2.53 bits per heavy atom. The number of imidazole rings is 1. The molecule has 0 saturated heterocycles. The highest BCUT2D eigenvalue weighted by Crippen LogP contribution is 2.19. The third-order valence-electron chi connectivity index (χ3n) is 6.11. The summed E-state index contributed by atoms with van der Waals surface area (Å²) in [6.07, 6.45) is 12.0. The van der Waals surface area contributed by atoms with Crippen LogP contribution < -0.4 is 5.32 Å². The van der Waals surface area contributed by atoms with E-state index in [-0.39, 0.29) is 5.91 Å². The molecule has 0 atom stereocenters. The molecule has 3 aromatic rings. The first-order valence-electron chi connectivity index (χ1n) is 12.5. The van der Waals surface area contributed by atoms with Crippen molar-refractivity contribution in [2.45, 2.75) is 84.6 Å². The summed E-state index contributed by atoms with van der Waals surface area (Å²) in [5, 5.41) is 3.05. The maximum absolute atomic E-state index is 12.3. The topological polar surface area (TPSA) is 46.9 Å². The number of unbranched alkanes of at least 4 members (excludes halogenated alkanes) is 7. The van der Waals surface area contributed by atoms with E-state index in [0.29, 0.717) is 0 Å². The van der Waals surface area contributed by atoms with Crippen molar-refractivity contribution < 1.29 is 4.79 Å². The Kier molecular flexibility index (Phi) is 9.80. The Morgan fingerprint density at radius 1 is 0.906 bits per heavy atom. The minimum absolute atomic E-state index is 0.0226. The second-order valence-electron chi connectivity index (χ2n) is 8.87. The molecule has 32 heavy (non-hydrogen) atoms. The second kappa shape index (κ2) is 13.0. The van der Waals surface area contributed by atoms with Crippen LogP contribution in [0, 0.1) is 6.92 Å². The fraction of sp³-hybridized carbons (Fsp3) is 0.500. The van der Waals surface area contributed by atoms with Crippen LogP contribution in [0.2, 0.25) is 0 Å². The van der Waals surface area contributed by atoms with E-state index in [1.165, 1.54) is 49.9 Å². The SMILES string of the molecule is CCCCCCCCn1c(CCCCCNC(=O)c2cccc(C)c2)nc2ccccc21. The summed E-state index contributed by atoms with van der Waals surface area (Å²) in [4.78, 5) is 17.2. The average Bonchev–Trinajstić information content (AvgIpc) is 3.15. The Bertz CT molecular complexity index is 976. The molecule has 0 radical (unpaired) electrons. The van der Waals surface area contributed by atoms with Gasteiger partial charge in [0.05, 0.1) is 11.0 Å². The van der Waals surface area contributed by atoms with E-state index in [1.54, 1.807) is 0 Å². The maximum atomic E-state index is 12.3. The molecule has 0 spiro atoms. The van der Waals surface area contributed by atoms with Gasteiger partial charge in [-0.2, -0.15) is 0 Å². The molecule has 0 aliphatic rings. The Hall–Kier alpha value is -2.62. The Labute approximate surface area is 193 Å². The lowest BCUT2D eigenvalue weighted by Gasteiger charge is -2.10. The lowest BCUT2D eigenvalue weighted by Crippen LogP contribution is -2.24. The predicted molar refractivity (Wildman–Crippen MR) is 134 cm³/mol. The van der Waals surface area contributed by atoms with Gasteiger partial charge in [-0.05, 0) is 50.5 Å². The number of benzene rings is 2. The number of aromatic nitrogens is 2. The summed E-state index contributed by atoms with van der Waals surface area (Å²) in [5.74, 6) is 1.23. The van der Waals surface area contributed by atoms with Crippen LogP contribution in [0.25, 0.3) is 11.0 Å². The molecule has 172 valence electrons. The number of aryl methyl sites for hydroxylation is 3. The zero-order valence-corrected chi connectivity index (χ0v) is 19.9. The number of carbonyl (C=O) groups is 1. The van der Waals surface area contributed by atoms with Gasteiger partial charge < -0.3 is 9.88 Å². The van der Waals surface area contributed by atoms with Crippen molar-refractivity contribution in [1.29, 1.82) is 0 Å². The van der Waals surface area contributed by atoms with Gasteiger partial charge in [0.25, 0.3) is 5.91 Å². The van der Waals surface area contributed by atoms with Crippen molar-refractivity contribution in [3.8, 4) is 0 Å². The Balaban J connectivity index is 1.43. The summed E-state index contributed by atoms with van der Waals surface area (Å²) < 4.78 is 2.44. The van der Waals surface area contributed by atoms with Crippen LogP contribution in [0.4, 0.5) is 0 Å². The van der Waals surface area contributed by atoms with E-state index in [9.17, 15) is 4.79 Å². The van der Waals surface area contributed by atoms with Gasteiger partial charge in [0.15, 0.2) is 0 Å². The third-order valence-corrected chi connectivity index (χ3v) is 6.11. The molecule has 3 rings (SSSR count). The van der Waals surface area contributed by atoms with Crippen LogP contribution in [0.15, 0.2) is 48.5 Å². The molecule has 0 saturated carbocycles. The van der Waals surface area contributed by atoms with Crippen molar-refractivity contribution in [1.82, 2.24) is 14.9 Å². The summed E-state index contributed by atoms with van der Waals surface area (Å²) >= 11 is 0. The van der Waals surface area contributed by atoms with Gasteiger partial charge in [0.1, 0.15) is 5.82 Å². The van der Waals surface area contributed by atoms with E-state index in [1.807, 2.05) is 31.2 Å². The third kappa shape index (κ3) is 7.22. The Morgan fingerprint density at radius 2 is 1.69 bits per heavy atom. The highest BCUT2D eigenvalue weighted by molar-refractivity contribution is 5.94. The van der Waals surface area contributed by atoms with Crippen LogP contribution >= 0.6 is 0 Å².